The molecular formula is C16H16N4O2. The van der Waals surface area contributed by atoms with E-state index in [9.17, 15) is 9.59 Å². The molecule has 1 aromatic heterocycles. The molecule has 0 bridgehead atoms. The second kappa shape index (κ2) is 5.93. The van der Waals surface area contributed by atoms with Crippen LogP contribution in [-0.4, -0.2) is 28.3 Å². The van der Waals surface area contributed by atoms with Gasteiger partial charge in [-0.3, -0.25) is 14.6 Å². The molecule has 2 N–H and O–H groups in total. The van der Waals surface area contributed by atoms with E-state index < -0.39 is 5.91 Å². The molecule has 2 amide bonds. The number of anilines is 1. The minimum atomic E-state index is -0.595. The van der Waals surface area contributed by atoms with Gasteiger partial charge in [0.2, 0.25) is 5.91 Å². The highest BCUT2D eigenvalue weighted by atomic mass is 16.2. The molecule has 1 saturated heterocycles. The third kappa shape index (κ3) is 2.95. The van der Waals surface area contributed by atoms with Gasteiger partial charge in [0.25, 0.3) is 5.91 Å². The topological polar surface area (TPSA) is 89.2 Å². The van der Waals surface area contributed by atoms with Crippen LogP contribution < -0.4 is 10.6 Å². The molecule has 0 aliphatic carbocycles. The summed E-state index contributed by atoms with van der Waals surface area (Å²) in [6.07, 6.45) is 4.03. The van der Waals surface area contributed by atoms with Crippen LogP contribution in [0.3, 0.4) is 0 Å². The highest BCUT2D eigenvalue weighted by molar-refractivity contribution is 5.95. The average Bonchev–Trinajstić information content (AvgIpc) is 2.89. The van der Waals surface area contributed by atoms with Gasteiger partial charge in [-0.05, 0) is 24.5 Å². The summed E-state index contributed by atoms with van der Waals surface area (Å²) in [5, 5.41) is 0. The molecule has 1 unspecified atom stereocenters. The molecule has 0 spiro atoms. The van der Waals surface area contributed by atoms with Gasteiger partial charge in [0.05, 0.1) is 11.9 Å². The van der Waals surface area contributed by atoms with Crippen LogP contribution in [0.4, 0.5) is 5.69 Å². The van der Waals surface area contributed by atoms with E-state index in [-0.39, 0.29) is 17.5 Å². The van der Waals surface area contributed by atoms with Gasteiger partial charge in [-0.25, -0.2) is 4.98 Å². The summed E-state index contributed by atoms with van der Waals surface area (Å²) in [5.41, 5.74) is 6.96. The van der Waals surface area contributed by atoms with Gasteiger partial charge in [0, 0.05) is 24.8 Å². The van der Waals surface area contributed by atoms with Crippen LogP contribution in [0.5, 0.6) is 0 Å². The van der Waals surface area contributed by atoms with Crippen molar-refractivity contribution in [3.8, 4) is 0 Å². The minimum Gasteiger partial charge on any atom is -0.364 e. The third-order valence-corrected chi connectivity index (χ3v) is 3.71. The molecule has 1 fully saturated rings. The van der Waals surface area contributed by atoms with E-state index in [0.29, 0.717) is 25.1 Å². The number of carbonyl (C=O) groups is 2. The zero-order valence-electron chi connectivity index (χ0n) is 12.0. The molecule has 1 aliphatic rings. The lowest BCUT2D eigenvalue weighted by Gasteiger charge is -2.16. The smallest absolute Gasteiger partial charge is 0.268 e. The molecule has 0 saturated carbocycles. The number of amides is 2. The predicted octanol–water partition coefficient (Wildman–Crippen LogP) is 1.17. The molecule has 1 aromatic carbocycles. The first-order chi connectivity index (χ1) is 10.6. The summed E-state index contributed by atoms with van der Waals surface area (Å²) in [6.45, 7) is 0.644. The molecule has 0 radical (unpaired) electrons. The molecule has 1 aliphatic heterocycles. The normalized spacial score (nSPS) is 17.7. The lowest BCUT2D eigenvalue weighted by atomic mass is 10.0. The number of hydrogen-bond donors (Lipinski definition) is 1. The van der Waals surface area contributed by atoms with Gasteiger partial charge in [-0.2, -0.15) is 0 Å². The maximum Gasteiger partial charge on any atom is 0.268 e. The van der Waals surface area contributed by atoms with Crippen molar-refractivity contribution in [2.75, 3.05) is 11.4 Å². The van der Waals surface area contributed by atoms with Crippen LogP contribution in [0.15, 0.2) is 42.7 Å². The SMILES string of the molecule is NC(=O)c1cncc(CC2CC(=O)N(c3ccccc3)C2)n1. The van der Waals surface area contributed by atoms with Crippen molar-refractivity contribution in [2.24, 2.45) is 11.7 Å². The number of nitrogens with two attached hydrogens (primary N) is 1. The Morgan fingerprint density at radius 3 is 2.77 bits per heavy atom. The van der Waals surface area contributed by atoms with E-state index in [1.54, 1.807) is 11.1 Å². The van der Waals surface area contributed by atoms with E-state index in [0.717, 1.165) is 5.69 Å². The van der Waals surface area contributed by atoms with E-state index in [1.165, 1.54) is 6.20 Å². The monoisotopic (exact) mass is 296 g/mol. The van der Waals surface area contributed by atoms with E-state index in [1.807, 2.05) is 30.3 Å². The molecule has 112 valence electrons. The van der Waals surface area contributed by atoms with Gasteiger partial charge in [0.1, 0.15) is 5.69 Å². The fraction of sp³-hybridized carbons (Fsp3) is 0.250. The zero-order valence-corrected chi connectivity index (χ0v) is 12.0. The van der Waals surface area contributed by atoms with Gasteiger partial charge < -0.3 is 10.6 Å². The quantitative estimate of drug-likeness (QED) is 0.917. The minimum absolute atomic E-state index is 0.107. The summed E-state index contributed by atoms with van der Waals surface area (Å²) in [6, 6.07) is 9.60. The number of nitrogens with zero attached hydrogens (tertiary/aromatic N) is 3. The Morgan fingerprint density at radius 1 is 1.27 bits per heavy atom. The Labute approximate surface area is 128 Å². The maximum absolute atomic E-state index is 12.2. The highest BCUT2D eigenvalue weighted by Crippen LogP contribution is 2.26. The number of primary amides is 1. The molecular weight excluding hydrogens is 280 g/mol. The van der Waals surface area contributed by atoms with Crippen molar-refractivity contribution in [1.82, 2.24) is 9.97 Å². The van der Waals surface area contributed by atoms with Crippen LogP contribution in [0.25, 0.3) is 0 Å². The maximum atomic E-state index is 12.2. The first kappa shape index (κ1) is 14.2. The van der Waals surface area contributed by atoms with Crippen molar-refractivity contribution < 1.29 is 9.59 Å². The fourth-order valence-electron chi connectivity index (χ4n) is 2.69. The predicted molar refractivity (Wildman–Crippen MR) is 81.2 cm³/mol. The molecule has 6 heteroatoms. The molecule has 6 nitrogen and oxygen atoms in total. The van der Waals surface area contributed by atoms with Crippen molar-refractivity contribution >= 4 is 17.5 Å². The Hall–Kier alpha value is -2.76. The molecule has 22 heavy (non-hydrogen) atoms. The highest BCUT2D eigenvalue weighted by Gasteiger charge is 2.30. The van der Waals surface area contributed by atoms with E-state index in [2.05, 4.69) is 9.97 Å². The van der Waals surface area contributed by atoms with Crippen LogP contribution in [0.2, 0.25) is 0 Å². The second-order valence-corrected chi connectivity index (χ2v) is 5.37. The van der Waals surface area contributed by atoms with Crippen molar-refractivity contribution in [2.45, 2.75) is 12.8 Å². The number of rotatable bonds is 4. The van der Waals surface area contributed by atoms with E-state index >= 15 is 0 Å². The largest absolute Gasteiger partial charge is 0.364 e. The zero-order chi connectivity index (χ0) is 15.5. The van der Waals surface area contributed by atoms with Crippen LogP contribution in [-0.2, 0) is 11.2 Å². The van der Waals surface area contributed by atoms with Crippen molar-refractivity contribution in [3.05, 3.63) is 54.1 Å². The number of benzene rings is 1. The van der Waals surface area contributed by atoms with Crippen LogP contribution >= 0.6 is 0 Å². The van der Waals surface area contributed by atoms with Gasteiger partial charge in [-0.15, -0.1) is 0 Å². The van der Waals surface area contributed by atoms with Crippen molar-refractivity contribution in [3.63, 3.8) is 0 Å². The second-order valence-electron chi connectivity index (χ2n) is 5.37. The van der Waals surface area contributed by atoms with E-state index in [4.69, 9.17) is 5.73 Å². The number of para-hydroxylation sites is 1. The lowest BCUT2D eigenvalue weighted by molar-refractivity contribution is -0.117. The Morgan fingerprint density at radius 2 is 2.05 bits per heavy atom. The number of hydrogen-bond acceptors (Lipinski definition) is 4. The first-order valence-electron chi connectivity index (χ1n) is 7.09. The third-order valence-electron chi connectivity index (χ3n) is 3.71. The molecule has 1 atom stereocenters. The summed E-state index contributed by atoms with van der Waals surface area (Å²) in [7, 11) is 0. The standard InChI is InChI=1S/C16H16N4O2/c17-16(22)14-9-18-8-12(19-14)6-11-7-15(21)20(10-11)13-4-2-1-3-5-13/h1-5,8-9,11H,6-7,10H2,(H2,17,22). The van der Waals surface area contributed by atoms with Gasteiger partial charge >= 0.3 is 0 Å². The molecule has 2 aromatic rings. The Bertz CT molecular complexity index is 702. The lowest BCUT2D eigenvalue weighted by Crippen LogP contribution is -2.24. The fourth-order valence-corrected chi connectivity index (χ4v) is 2.69. The molecule has 2 heterocycles. The summed E-state index contributed by atoms with van der Waals surface area (Å²) < 4.78 is 0. The average molecular weight is 296 g/mol. The molecule has 3 rings (SSSR count). The summed E-state index contributed by atoms with van der Waals surface area (Å²) >= 11 is 0. The number of aromatic nitrogens is 2. The van der Waals surface area contributed by atoms with Gasteiger partial charge in [0.15, 0.2) is 0 Å². The Kier molecular flexibility index (Phi) is 3.82. The number of carbonyl (C=O) groups excluding carboxylic acids is 2. The van der Waals surface area contributed by atoms with Crippen molar-refractivity contribution in [1.29, 1.82) is 0 Å². The summed E-state index contributed by atoms with van der Waals surface area (Å²) in [4.78, 5) is 33.3. The first-order valence-corrected chi connectivity index (χ1v) is 7.09. The Balaban J connectivity index is 1.71. The summed E-state index contributed by atoms with van der Waals surface area (Å²) in [5.74, 6) is -0.330. The van der Waals surface area contributed by atoms with Crippen LogP contribution in [0, 0.1) is 5.92 Å². The van der Waals surface area contributed by atoms with Crippen LogP contribution in [0.1, 0.15) is 22.6 Å². The van der Waals surface area contributed by atoms with Gasteiger partial charge in [-0.1, -0.05) is 18.2 Å².